The van der Waals surface area contributed by atoms with Gasteiger partial charge in [0.05, 0.1) is 0 Å². The SMILES string of the molecule is Clc1ccccc1C1(Cl)C=CC=CC1(Cl)c1ccccc1Cl. The number of hydrogen-bond donors (Lipinski definition) is 0. The van der Waals surface area contributed by atoms with E-state index in [1.54, 1.807) is 12.1 Å². The van der Waals surface area contributed by atoms with Crippen LogP contribution >= 0.6 is 46.4 Å². The minimum atomic E-state index is -1.04. The molecule has 0 radical (unpaired) electrons. The van der Waals surface area contributed by atoms with Crippen molar-refractivity contribution in [3.63, 3.8) is 0 Å². The van der Waals surface area contributed by atoms with Crippen molar-refractivity contribution in [3.8, 4) is 0 Å². The highest BCUT2D eigenvalue weighted by Gasteiger charge is 2.51. The first-order chi connectivity index (χ1) is 10.5. The van der Waals surface area contributed by atoms with Crippen molar-refractivity contribution >= 4 is 46.4 Å². The Kier molecular flexibility index (Phi) is 4.31. The van der Waals surface area contributed by atoms with Crippen LogP contribution in [0.25, 0.3) is 0 Å². The molecule has 2 aromatic rings. The summed E-state index contributed by atoms with van der Waals surface area (Å²) in [7, 11) is 0. The molecule has 0 fully saturated rings. The van der Waals surface area contributed by atoms with Crippen molar-refractivity contribution in [2.45, 2.75) is 9.75 Å². The van der Waals surface area contributed by atoms with Gasteiger partial charge in [-0.2, -0.15) is 0 Å². The van der Waals surface area contributed by atoms with Crippen molar-refractivity contribution in [1.29, 1.82) is 0 Å². The average Bonchev–Trinajstić information content (AvgIpc) is 2.51. The summed E-state index contributed by atoms with van der Waals surface area (Å²) in [4.78, 5) is -2.07. The first-order valence-electron chi connectivity index (χ1n) is 6.74. The lowest BCUT2D eigenvalue weighted by molar-refractivity contribution is 0.592. The van der Waals surface area contributed by atoms with Gasteiger partial charge < -0.3 is 0 Å². The van der Waals surface area contributed by atoms with E-state index in [0.29, 0.717) is 10.0 Å². The van der Waals surface area contributed by atoms with Gasteiger partial charge in [0.15, 0.2) is 0 Å². The number of allylic oxidation sites excluding steroid dienone is 4. The number of benzene rings is 2. The molecular weight excluding hydrogens is 358 g/mol. The fraction of sp³-hybridized carbons (Fsp3) is 0.111. The third kappa shape index (κ3) is 2.39. The van der Waals surface area contributed by atoms with E-state index in [9.17, 15) is 0 Å². The summed E-state index contributed by atoms with van der Waals surface area (Å²) in [5, 5.41) is 1.13. The fourth-order valence-corrected chi connectivity index (χ4v) is 4.17. The summed E-state index contributed by atoms with van der Waals surface area (Å²) in [5.41, 5.74) is 1.49. The van der Waals surface area contributed by atoms with Crippen LogP contribution in [-0.4, -0.2) is 0 Å². The summed E-state index contributed by atoms with van der Waals surface area (Å²) >= 11 is 26.7. The van der Waals surface area contributed by atoms with Crippen LogP contribution in [-0.2, 0) is 9.75 Å². The molecular formula is C18H12Cl4. The quantitative estimate of drug-likeness (QED) is 0.517. The van der Waals surface area contributed by atoms with Crippen LogP contribution in [0.3, 0.4) is 0 Å². The van der Waals surface area contributed by atoms with Crippen molar-refractivity contribution in [2.75, 3.05) is 0 Å². The van der Waals surface area contributed by atoms with Gasteiger partial charge in [-0.25, -0.2) is 0 Å². The molecule has 0 heterocycles. The molecule has 1 aliphatic carbocycles. The lowest BCUT2D eigenvalue weighted by atomic mass is 9.77. The largest absolute Gasteiger partial charge is 0.116 e. The third-order valence-electron chi connectivity index (χ3n) is 3.82. The first kappa shape index (κ1) is 16.0. The summed E-state index contributed by atoms with van der Waals surface area (Å²) < 4.78 is 0. The van der Waals surface area contributed by atoms with E-state index in [2.05, 4.69) is 0 Å². The lowest BCUT2D eigenvalue weighted by Crippen LogP contribution is -2.39. The number of hydrogen-bond acceptors (Lipinski definition) is 0. The van der Waals surface area contributed by atoms with Gasteiger partial charge >= 0.3 is 0 Å². The molecule has 1 aliphatic rings. The molecule has 2 unspecified atom stereocenters. The van der Waals surface area contributed by atoms with E-state index in [-0.39, 0.29) is 0 Å². The second-order valence-corrected chi connectivity index (χ2v) is 7.11. The predicted molar refractivity (Wildman–Crippen MR) is 96.2 cm³/mol. The fourth-order valence-electron chi connectivity index (χ4n) is 2.70. The van der Waals surface area contributed by atoms with Crippen LogP contribution in [0.5, 0.6) is 0 Å². The molecule has 0 saturated carbocycles. The molecule has 0 saturated heterocycles. The molecule has 2 aromatic carbocycles. The molecule has 112 valence electrons. The number of alkyl halides is 2. The van der Waals surface area contributed by atoms with Gasteiger partial charge in [0, 0.05) is 10.0 Å². The standard InChI is InChI=1S/C18H12Cl4/c19-15-9-3-1-7-13(15)17(21)11-5-6-12-18(17,22)14-8-2-4-10-16(14)20/h1-12H. The van der Waals surface area contributed by atoms with Gasteiger partial charge in [-0.15, -0.1) is 23.2 Å². The Labute approximate surface area is 150 Å². The van der Waals surface area contributed by atoms with Crippen molar-refractivity contribution in [1.82, 2.24) is 0 Å². The molecule has 0 nitrogen and oxygen atoms in total. The summed E-state index contributed by atoms with van der Waals surface area (Å²) in [5.74, 6) is 0. The highest BCUT2D eigenvalue weighted by molar-refractivity contribution is 6.40. The highest BCUT2D eigenvalue weighted by Crippen LogP contribution is 2.56. The molecule has 4 heteroatoms. The van der Waals surface area contributed by atoms with Crippen LogP contribution < -0.4 is 0 Å². The normalized spacial score (nSPS) is 27.1. The zero-order chi connectivity index (χ0) is 15.8. The van der Waals surface area contributed by atoms with Gasteiger partial charge in [-0.3, -0.25) is 0 Å². The zero-order valence-electron chi connectivity index (χ0n) is 11.4. The van der Waals surface area contributed by atoms with Crippen molar-refractivity contribution in [2.24, 2.45) is 0 Å². The van der Waals surface area contributed by atoms with Gasteiger partial charge in [0.2, 0.25) is 0 Å². The Morgan fingerprint density at radius 2 is 0.955 bits per heavy atom. The second-order valence-electron chi connectivity index (χ2n) is 5.10. The molecule has 0 bridgehead atoms. The topological polar surface area (TPSA) is 0 Å². The minimum absolute atomic E-state index is 0.564. The molecule has 22 heavy (non-hydrogen) atoms. The Morgan fingerprint density at radius 3 is 1.32 bits per heavy atom. The number of halogens is 4. The van der Waals surface area contributed by atoms with Gasteiger partial charge in [-0.1, -0.05) is 83.9 Å². The average molecular weight is 370 g/mol. The van der Waals surface area contributed by atoms with E-state index in [1.165, 1.54) is 0 Å². The predicted octanol–water partition coefficient (Wildman–Crippen LogP) is 6.69. The van der Waals surface area contributed by atoms with E-state index < -0.39 is 9.75 Å². The van der Waals surface area contributed by atoms with Gasteiger partial charge in [0.1, 0.15) is 9.75 Å². The Morgan fingerprint density at radius 1 is 0.591 bits per heavy atom. The minimum Gasteiger partial charge on any atom is -0.107 e. The monoisotopic (exact) mass is 368 g/mol. The van der Waals surface area contributed by atoms with E-state index >= 15 is 0 Å². The van der Waals surface area contributed by atoms with E-state index in [0.717, 1.165) is 11.1 Å². The van der Waals surface area contributed by atoms with E-state index in [4.69, 9.17) is 46.4 Å². The first-order valence-corrected chi connectivity index (χ1v) is 8.25. The molecule has 3 rings (SSSR count). The molecule has 0 spiro atoms. The Bertz CT molecular complexity index is 700. The van der Waals surface area contributed by atoms with Crippen molar-refractivity contribution < 1.29 is 0 Å². The second kappa shape index (κ2) is 5.94. The summed E-state index contributed by atoms with van der Waals surface area (Å²) in [6, 6.07) is 14.9. The van der Waals surface area contributed by atoms with Gasteiger partial charge in [-0.05, 0) is 23.3 Å². The maximum atomic E-state index is 7.01. The van der Waals surface area contributed by atoms with Gasteiger partial charge in [0.25, 0.3) is 0 Å². The molecule has 2 atom stereocenters. The van der Waals surface area contributed by atoms with Crippen LogP contribution in [0.4, 0.5) is 0 Å². The zero-order valence-corrected chi connectivity index (χ0v) is 14.5. The number of rotatable bonds is 2. The van der Waals surface area contributed by atoms with Crippen LogP contribution in [0, 0.1) is 0 Å². The maximum absolute atomic E-state index is 7.01. The van der Waals surface area contributed by atoms with Crippen LogP contribution in [0.1, 0.15) is 11.1 Å². The highest BCUT2D eigenvalue weighted by atomic mass is 35.5. The Balaban J connectivity index is 2.26. The van der Waals surface area contributed by atoms with Crippen LogP contribution in [0.15, 0.2) is 72.8 Å². The molecule has 0 N–H and O–H groups in total. The Hall–Kier alpha value is -0.920. The maximum Gasteiger partial charge on any atom is 0.116 e. The third-order valence-corrected chi connectivity index (χ3v) is 5.84. The van der Waals surface area contributed by atoms with Crippen molar-refractivity contribution in [3.05, 3.63) is 94.0 Å². The molecule has 0 aliphatic heterocycles. The molecule has 0 amide bonds. The smallest absolute Gasteiger partial charge is 0.107 e. The summed E-state index contributed by atoms with van der Waals surface area (Å²) in [6.45, 7) is 0. The van der Waals surface area contributed by atoms with E-state index in [1.807, 2.05) is 60.7 Å². The lowest BCUT2D eigenvalue weighted by Gasteiger charge is -2.41. The summed E-state index contributed by atoms with van der Waals surface area (Å²) in [6.07, 6.45) is 7.44. The van der Waals surface area contributed by atoms with Crippen LogP contribution in [0.2, 0.25) is 10.0 Å². The molecule has 0 aromatic heterocycles.